The van der Waals surface area contributed by atoms with E-state index >= 15 is 0 Å². The highest BCUT2D eigenvalue weighted by Crippen LogP contribution is 2.36. The van der Waals surface area contributed by atoms with E-state index in [-0.39, 0.29) is 5.78 Å². The summed E-state index contributed by atoms with van der Waals surface area (Å²) in [6.07, 6.45) is 0. The highest BCUT2D eigenvalue weighted by atomic mass is 32.1. The SMILES string of the molecule is COC(=O)c1cc(-c2ccccc2)sc1NC(=S)Nc1cccc(C(C)=O)c1. The van der Waals surface area contributed by atoms with Crippen LogP contribution in [0.2, 0.25) is 0 Å². The maximum absolute atomic E-state index is 12.2. The van der Waals surface area contributed by atoms with Gasteiger partial charge in [0.25, 0.3) is 0 Å². The Morgan fingerprint density at radius 2 is 1.75 bits per heavy atom. The summed E-state index contributed by atoms with van der Waals surface area (Å²) in [6.45, 7) is 1.51. The first-order chi connectivity index (χ1) is 13.5. The van der Waals surface area contributed by atoms with Crippen LogP contribution in [0.1, 0.15) is 27.6 Å². The fraction of sp³-hybridized carbons (Fsp3) is 0.0952. The number of anilines is 2. The van der Waals surface area contributed by atoms with Gasteiger partial charge in [-0.2, -0.15) is 0 Å². The number of hydrogen-bond donors (Lipinski definition) is 2. The van der Waals surface area contributed by atoms with Gasteiger partial charge in [0.05, 0.1) is 12.7 Å². The predicted molar refractivity (Wildman–Crippen MR) is 117 cm³/mol. The van der Waals surface area contributed by atoms with E-state index in [9.17, 15) is 9.59 Å². The van der Waals surface area contributed by atoms with Gasteiger partial charge in [-0.15, -0.1) is 11.3 Å². The van der Waals surface area contributed by atoms with Crippen LogP contribution in [0, 0.1) is 0 Å². The molecule has 0 bridgehead atoms. The van der Waals surface area contributed by atoms with Crippen LogP contribution in [0.15, 0.2) is 60.7 Å². The molecule has 0 unspecified atom stereocenters. The minimum atomic E-state index is -0.442. The number of Topliss-reactive ketones (excluding diaryl/α,β-unsaturated/α-hetero) is 1. The minimum absolute atomic E-state index is 0.0266. The Balaban J connectivity index is 1.83. The van der Waals surface area contributed by atoms with Gasteiger partial charge in [0.2, 0.25) is 0 Å². The third kappa shape index (κ3) is 4.62. The third-order valence-electron chi connectivity index (χ3n) is 3.95. The summed E-state index contributed by atoms with van der Waals surface area (Å²) in [5.74, 6) is -0.469. The van der Waals surface area contributed by atoms with E-state index in [2.05, 4.69) is 10.6 Å². The van der Waals surface area contributed by atoms with Gasteiger partial charge in [0.1, 0.15) is 5.00 Å². The van der Waals surface area contributed by atoms with Crippen LogP contribution in [0.4, 0.5) is 10.7 Å². The fourth-order valence-corrected chi connectivity index (χ4v) is 3.91. The maximum atomic E-state index is 12.2. The second kappa shape index (κ2) is 8.77. The summed E-state index contributed by atoms with van der Waals surface area (Å²) in [6, 6.07) is 18.6. The molecule has 5 nitrogen and oxygen atoms in total. The quantitative estimate of drug-likeness (QED) is 0.342. The largest absolute Gasteiger partial charge is 0.465 e. The molecule has 0 amide bonds. The molecule has 0 radical (unpaired) electrons. The highest BCUT2D eigenvalue weighted by molar-refractivity contribution is 7.80. The van der Waals surface area contributed by atoms with E-state index in [0.717, 1.165) is 10.4 Å². The fourth-order valence-electron chi connectivity index (χ4n) is 2.57. The van der Waals surface area contributed by atoms with Crippen molar-refractivity contribution < 1.29 is 14.3 Å². The Hall–Kier alpha value is -3.03. The van der Waals surface area contributed by atoms with Crippen LogP contribution in [0.5, 0.6) is 0 Å². The Morgan fingerprint density at radius 3 is 2.43 bits per heavy atom. The molecule has 0 fully saturated rings. The molecule has 7 heteroatoms. The van der Waals surface area contributed by atoms with Gasteiger partial charge < -0.3 is 15.4 Å². The summed E-state index contributed by atoms with van der Waals surface area (Å²) in [7, 11) is 1.34. The van der Waals surface area contributed by atoms with Gasteiger partial charge in [0.15, 0.2) is 10.9 Å². The predicted octanol–water partition coefficient (Wildman–Crippen LogP) is 5.21. The molecular weight excluding hydrogens is 392 g/mol. The van der Waals surface area contributed by atoms with Gasteiger partial charge in [-0.05, 0) is 42.9 Å². The number of nitrogens with one attached hydrogen (secondary N) is 2. The molecule has 28 heavy (non-hydrogen) atoms. The molecule has 142 valence electrons. The first-order valence-corrected chi connectivity index (χ1v) is 9.67. The van der Waals surface area contributed by atoms with Crippen molar-refractivity contribution in [2.24, 2.45) is 0 Å². The van der Waals surface area contributed by atoms with E-state index in [4.69, 9.17) is 17.0 Å². The topological polar surface area (TPSA) is 67.4 Å². The van der Waals surface area contributed by atoms with Crippen molar-refractivity contribution in [3.8, 4) is 10.4 Å². The number of carbonyl (C=O) groups is 2. The molecule has 1 heterocycles. The zero-order valence-corrected chi connectivity index (χ0v) is 16.9. The third-order valence-corrected chi connectivity index (χ3v) is 5.25. The Bertz CT molecular complexity index is 1030. The molecule has 1 aromatic heterocycles. The lowest BCUT2D eigenvalue weighted by atomic mass is 10.1. The van der Waals surface area contributed by atoms with Crippen LogP contribution in [0.3, 0.4) is 0 Å². The molecule has 2 aromatic carbocycles. The number of esters is 1. The van der Waals surface area contributed by atoms with Gasteiger partial charge in [-0.25, -0.2) is 4.79 Å². The summed E-state index contributed by atoms with van der Waals surface area (Å²) in [4.78, 5) is 24.6. The molecule has 3 rings (SSSR count). The molecule has 0 saturated heterocycles. The number of rotatable bonds is 5. The number of benzene rings is 2. The monoisotopic (exact) mass is 410 g/mol. The van der Waals surface area contributed by atoms with Crippen molar-refractivity contribution in [3.63, 3.8) is 0 Å². The standard InChI is InChI=1S/C21H18N2O3S2/c1-13(24)15-9-6-10-16(11-15)22-21(27)23-19-17(20(25)26-2)12-18(28-19)14-7-4-3-5-8-14/h3-12H,1-2H3,(H2,22,23,27). The van der Waals surface area contributed by atoms with Crippen molar-refractivity contribution in [3.05, 3.63) is 71.8 Å². The smallest absolute Gasteiger partial charge is 0.340 e. The van der Waals surface area contributed by atoms with Crippen molar-refractivity contribution in [1.82, 2.24) is 0 Å². The molecule has 0 spiro atoms. The maximum Gasteiger partial charge on any atom is 0.340 e. The average Bonchev–Trinajstić information content (AvgIpc) is 3.11. The van der Waals surface area contributed by atoms with Gasteiger partial charge in [-0.3, -0.25) is 4.79 Å². The normalized spacial score (nSPS) is 10.2. The van der Waals surface area contributed by atoms with E-state index in [0.29, 0.717) is 26.9 Å². The number of thiocarbonyl (C=S) groups is 1. The van der Waals surface area contributed by atoms with Crippen LogP contribution in [-0.4, -0.2) is 24.0 Å². The summed E-state index contributed by atoms with van der Waals surface area (Å²) < 4.78 is 4.89. The van der Waals surface area contributed by atoms with Crippen LogP contribution in [-0.2, 0) is 4.74 Å². The van der Waals surface area contributed by atoms with E-state index in [1.807, 2.05) is 36.4 Å². The molecule has 0 aliphatic heterocycles. The number of ether oxygens (including phenoxy) is 1. The van der Waals surface area contributed by atoms with Crippen LogP contribution in [0.25, 0.3) is 10.4 Å². The first-order valence-electron chi connectivity index (χ1n) is 8.44. The lowest BCUT2D eigenvalue weighted by molar-refractivity contribution is 0.0602. The molecule has 0 aliphatic carbocycles. The highest BCUT2D eigenvalue weighted by Gasteiger charge is 2.18. The molecule has 3 aromatic rings. The summed E-state index contributed by atoms with van der Waals surface area (Å²) >= 11 is 6.79. The van der Waals surface area contributed by atoms with Crippen LogP contribution >= 0.6 is 23.6 Å². The van der Waals surface area contributed by atoms with Crippen LogP contribution < -0.4 is 10.6 Å². The number of carbonyl (C=O) groups excluding carboxylic acids is 2. The number of methoxy groups -OCH3 is 1. The van der Waals surface area contributed by atoms with E-state index in [1.54, 1.807) is 24.3 Å². The van der Waals surface area contributed by atoms with Gasteiger partial charge in [0, 0.05) is 16.1 Å². The number of thiophene rings is 1. The zero-order chi connectivity index (χ0) is 20.1. The zero-order valence-electron chi connectivity index (χ0n) is 15.3. The van der Waals surface area contributed by atoms with Gasteiger partial charge in [-0.1, -0.05) is 42.5 Å². The van der Waals surface area contributed by atoms with E-state index in [1.165, 1.54) is 25.4 Å². The summed E-state index contributed by atoms with van der Waals surface area (Å²) in [5.41, 5.74) is 2.68. The summed E-state index contributed by atoms with van der Waals surface area (Å²) in [5, 5.41) is 7.01. The van der Waals surface area contributed by atoms with Crippen molar-refractivity contribution in [2.45, 2.75) is 6.92 Å². The molecule has 0 saturated carbocycles. The Morgan fingerprint density at radius 1 is 1.00 bits per heavy atom. The molecule has 2 N–H and O–H groups in total. The molecule has 0 aliphatic rings. The van der Waals surface area contributed by atoms with Crippen molar-refractivity contribution in [1.29, 1.82) is 0 Å². The number of ketones is 1. The second-order valence-corrected chi connectivity index (χ2v) is 7.39. The van der Waals surface area contributed by atoms with Gasteiger partial charge >= 0.3 is 5.97 Å². The average molecular weight is 411 g/mol. The Labute approximate surface area is 172 Å². The Kier molecular flexibility index (Phi) is 6.18. The van der Waals surface area contributed by atoms with E-state index < -0.39 is 5.97 Å². The van der Waals surface area contributed by atoms with Crippen molar-refractivity contribution >= 4 is 51.1 Å². The minimum Gasteiger partial charge on any atom is -0.465 e. The first kappa shape index (κ1) is 19.7. The lowest BCUT2D eigenvalue weighted by Crippen LogP contribution is -2.20. The molecular formula is C21H18N2O3S2. The second-order valence-electron chi connectivity index (χ2n) is 5.93. The number of hydrogen-bond acceptors (Lipinski definition) is 5. The lowest BCUT2D eigenvalue weighted by Gasteiger charge is -2.11. The molecule has 0 atom stereocenters. The van der Waals surface area contributed by atoms with Crippen molar-refractivity contribution in [2.75, 3.05) is 17.7 Å².